The summed E-state index contributed by atoms with van der Waals surface area (Å²) in [5, 5.41) is 12.8. The van der Waals surface area contributed by atoms with Crippen LogP contribution in [-0.2, 0) is 22.4 Å². The Morgan fingerprint density at radius 1 is 1.31 bits per heavy atom. The maximum Gasteiger partial charge on any atom is 0.374 e. The molecule has 1 aromatic carbocycles. The van der Waals surface area contributed by atoms with Gasteiger partial charge in [-0.25, -0.2) is 4.79 Å². The van der Waals surface area contributed by atoms with E-state index in [2.05, 4.69) is 11.4 Å². The van der Waals surface area contributed by atoms with Crippen LogP contribution in [0.5, 0.6) is 0 Å². The number of thiophene rings is 1. The zero-order chi connectivity index (χ0) is 20.5. The fraction of sp³-hybridized carbons (Fsp3) is 0.238. The number of fused-ring (bicyclic) bond motifs is 2. The number of esters is 1. The third-order valence-corrected chi connectivity index (χ3v) is 5.91. The summed E-state index contributed by atoms with van der Waals surface area (Å²) in [4.78, 5) is 37.7. The molecule has 0 fully saturated rings. The molecule has 7 nitrogen and oxygen atoms in total. The summed E-state index contributed by atoms with van der Waals surface area (Å²) in [6, 6.07) is 8.24. The van der Waals surface area contributed by atoms with Crippen LogP contribution in [0.25, 0.3) is 11.0 Å². The normalized spacial score (nSPS) is 12.4. The Kier molecular flexibility index (Phi) is 4.91. The molecular weight excluding hydrogens is 392 g/mol. The number of nitrogens with one attached hydrogen (secondary N) is 1. The molecule has 0 saturated carbocycles. The topological polar surface area (TPSA) is 109 Å². The van der Waals surface area contributed by atoms with Gasteiger partial charge >= 0.3 is 5.97 Å². The molecule has 0 saturated heterocycles. The van der Waals surface area contributed by atoms with Crippen LogP contribution >= 0.6 is 11.3 Å². The lowest BCUT2D eigenvalue weighted by Crippen LogP contribution is -2.21. The van der Waals surface area contributed by atoms with Crippen LogP contribution in [0.2, 0.25) is 0 Å². The van der Waals surface area contributed by atoms with Gasteiger partial charge in [-0.1, -0.05) is 11.6 Å². The van der Waals surface area contributed by atoms with Gasteiger partial charge in [-0.2, -0.15) is 5.26 Å². The standard InChI is InChI=1S/C21H16N2O5S/c1-11-5-6-16-13(7-11)15(24)8-17(28-16)21(26)27-10-19(25)23-20-14(9-22)12-3-2-4-18(12)29-20/h5-8H,2-4,10H2,1H3,(H,23,25). The van der Waals surface area contributed by atoms with Crippen molar-refractivity contribution >= 4 is 39.2 Å². The predicted molar refractivity (Wildman–Crippen MR) is 107 cm³/mol. The van der Waals surface area contributed by atoms with Crippen LogP contribution in [0.15, 0.2) is 33.5 Å². The van der Waals surface area contributed by atoms with Crippen molar-refractivity contribution in [2.75, 3.05) is 11.9 Å². The fourth-order valence-electron chi connectivity index (χ4n) is 3.35. The lowest BCUT2D eigenvalue weighted by molar-refractivity contribution is -0.119. The van der Waals surface area contributed by atoms with E-state index in [-0.39, 0.29) is 16.8 Å². The third kappa shape index (κ3) is 3.65. The van der Waals surface area contributed by atoms with Gasteiger partial charge in [-0.15, -0.1) is 11.3 Å². The minimum Gasteiger partial charge on any atom is -0.450 e. The zero-order valence-electron chi connectivity index (χ0n) is 15.5. The highest BCUT2D eigenvalue weighted by atomic mass is 32.1. The van der Waals surface area contributed by atoms with Crippen LogP contribution in [0.3, 0.4) is 0 Å². The number of nitriles is 1. The minimum atomic E-state index is -0.908. The van der Waals surface area contributed by atoms with Crippen molar-refractivity contribution in [3.63, 3.8) is 0 Å². The average molecular weight is 408 g/mol. The molecule has 1 aliphatic rings. The number of aryl methyl sites for hydroxylation is 2. The van der Waals surface area contributed by atoms with E-state index in [4.69, 9.17) is 9.15 Å². The van der Waals surface area contributed by atoms with E-state index in [1.165, 1.54) is 11.3 Å². The Labute approximate surface area is 169 Å². The molecule has 2 heterocycles. The Balaban J connectivity index is 1.44. The van der Waals surface area contributed by atoms with Gasteiger partial charge in [0.2, 0.25) is 5.76 Å². The van der Waals surface area contributed by atoms with Gasteiger partial charge in [0.15, 0.2) is 12.0 Å². The highest BCUT2D eigenvalue weighted by Crippen LogP contribution is 2.38. The molecular formula is C21H16N2O5S. The molecule has 2 aromatic heterocycles. The van der Waals surface area contributed by atoms with E-state index in [1.807, 2.05) is 6.92 Å². The summed E-state index contributed by atoms with van der Waals surface area (Å²) >= 11 is 1.38. The highest BCUT2D eigenvalue weighted by Gasteiger charge is 2.23. The van der Waals surface area contributed by atoms with E-state index in [0.717, 1.165) is 41.3 Å². The quantitative estimate of drug-likeness (QED) is 0.663. The Morgan fingerprint density at radius 3 is 2.93 bits per heavy atom. The molecule has 0 atom stereocenters. The fourth-order valence-corrected chi connectivity index (χ4v) is 4.60. The third-order valence-electron chi connectivity index (χ3n) is 4.70. The summed E-state index contributed by atoms with van der Waals surface area (Å²) in [6.07, 6.45) is 2.75. The average Bonchev–Trinajstić information content (AvgIpc) is 3.27. The number of amides is 1. The smallest absolute Gasteiger partial charge is 0.374 e. The number of rotatable bonds is 4. The SMILES string of the molecule is Cc1ccc2oc(C(=O)OCC(=O)Nc3sc4c(c3C#N)CCC4)cc(=O)c2c1. The van der Waals surface area contributed by atoms with E-state index < -0.39 is 18.5 Å². The number of nitrogens with zero attached hydrogens (tertiary/aromatic N) is 1. The minimum absolute atomic E-state index is 0.270. The van der Waals surface area contributed by atoms with Crippen molar-refractivity contribution in [1.29, 1.82) is 5.26 Å². The number of anilines is 1. The first kappa shape index (κ1) is 18.9. The highest BCUT2D eigenvalue weighted by molar-refractivity contribution is 7.16. The van der Waals surface area contributed by atoms with Crippen molar-refractivity contribution in [1.82, 2.24) is 0 Å². The summed E-state index contributed by atoms with van der Waals surface area (Å²) in [6.45, 7) is 1.29. The van der Waals surface area contributed by atoms with Crippen molar-refractivity contribution < 1.29 is 18.7 Å². The summed E-state index contributed by atoms with van der Waals surface area (Å²) in [5.41, 5.74) is 2.29. The molecule has 0 unspecified atom stereocenters. The molecule has 8 heteroatoms. The van der Waals surface area contributed by atoms with Crippen molar-refractivity contribution in [2.45, 2.75) is 26.2 Å². The first-order valence-corrected chi connectivity index (χ1v) is 9.84. The monoisotopic (exact) mass is 408 g/mol. The number of carbonyl (C=O) groups excluding carboxylic acids is 2. The van der Waals surface area contributed by atoms with Crippen LogP contribution in [0.1, 0.15) is 38.5 Å². The van der Waals surface area contributed by atoms with Crippen molar-refractivity contribution in [3.8, 4) is 6.07 Å². The lowest BCUT2D eigenvalue weighted by Gasteiger charge is -2.06. The lowest BCUT2D eigenvalue weighted by atomic mass is 10.1. The molecule has 1 N–H and O–H groups in total. The Hall–Kier alpha value is -3.44. The second kappa shape index (κ2) is 7.53. The van der Waals surface area contributed by atoms with Gasteiger partial charge in [0.1, 0.15) is 16.7 Å². The molecule has 1 aliphatic carbocycles. The number of hydrogen-bond acceptors (Lipinski definition) is 7. The van der Waals surface area contributed by atoms with Gasteiger partial charge < -0.3 is 14.5 Å². The second-order valence-corrected chi connectivity index (χ2v) is 7.88. The van der Waals surface area contributed by atoms with Crippen LogP contribution < -0.4 is 10.7 Å². The molecule has 1 amide bonds. The molecule has 4 rings (SSSR count). The van der Waals surface area contributed by atoms with Crippen molar-refractivity contribution in [2.24, 2.45) is 0 Å². The first-order chi connectivity index (χ1) is 14.0. The second-order valence-electron chi connectivity index (χ2n) is 6.77. The van der Waals surface area contributed by atoms with Gasteiger partial charge in [0.05, 0.1) is 10.9 Å². The largest absolute Gasteiger partial charge is 0.450 e. The maximum atomic E-state index is 12.2. The zero-order valence-corrected chi connectivity index (χ0v) is 16.4. The summed E-state index contributed by atoms with van der Waals surface area (Å²) in [5.74, 6) is -1.74. The maximum absolute atomic E-state index is 12.2. The molecule has 146 valence electrons. The van der Waals surface area contributed by atoms with Crippen LogP contribution in [-0.4, -0.2) is 18.5 Å². The molecule has 0 spiro atoms. The van der Waals surface area contributed by atoms with E-state index >= 15 is 0 Å². The number of ether oxygens (including phenoxy) is 1. The molecule has 29 heavy (non-hydrogen) atoms. The molecule has 0 bridgehead atoms. The number of hydrogen-bond donors (Lipinski definition) is 1. The van der Waals surface area contributed by atoms with Crippen LogP contribution in [0.4, 0.5) is 5.00 Å². The van der Waals surface area contributed by atoms with Gasteiger partial charge in [-0.3, -0.25) is 9.59 Å². The van der Waals surface area contributed by atoms with Crippen molar-refractivity contribution in [3.05, 3.63) is 61.8 Å². The Morgan fingerprint density at radius 2 is 2.14 bits per heavy atom. The first-order valence-electron chi connectivity index (χ1n) is 9.02. The Bertz CT molecular complexity index is 1250. The van der Waals surface area contributed by atoms with E-state index in [0.29, 0.717) is 16.0 Å². The van der Waals surface area contributed by atoms with E-state index in [1.54, 1.807) is 18.2 Å². The van der Waals surface area contributed by atoms with E-state index in [9.17, 15) is 19.6 Å². The van der Waals surface area contributed by atoms with Gasteiger partial charge in [-0.05, 0) is 43.9 Å². The summed E-state index contributed by atoms with van der Waals surface area (Å²) in [7, 11) is 0. The molecule has 0 radical (unpaired) electrons. The molecule has 3 aromatic rings. The van der Waals surface area contributed by atoms with Crippen LogP contribution in [0, 0.1) is 18.3 Å². The van der Waals surface area contributed by atoms with Gasteiger partial charge in [0.25, 0.3) is 5.91 Å². The van der Waals surface area contributed by atoms with Gasteiger partial charge in [0, 0.05) is 10.9 Å². The number of benzene rings is 1. The number of carbonyl (C=O) groups is 2. The molecule has 0 aliphatic heterocycles. The predicted octanol–water partition coefficient (Wildman–Crippen LogP) is 3.32. The summed E-state index contributed by atoms with van der Waals surface area (Å²) < 4.78 is 10.4.